The minimum atomic E-state index is -1.13. The highest BCUT2D eigenvalue weighted by atomic mass is 19.1. The first-order chi connectivity index (χ1) is 9.42. The number of rotatable bonds is 3. The third-order valence-electron chi connectivity index (χ3n) is 2.91. The zero-order chi connectivity index (χ0) is 14.9. The molecule has 2 N–H and O–H groups in total. The van der Waals surface area contributed by atoms with E-state index >= 15 is 0 Å². The second kappa shape index (κ2) is 5.55. The van der Waals surface area contributed by atoms with Gasteiger partial charge in [-0.3, -0.25) is 19.1 Å². The Balaban J connectivity index is 2.27. The SMILES string of the molecule is CC(=O)O[C@H]1C[C@H](n2cc(F)c(=O)[nH]c2=O)O[C@@H]1CO. The van der Waals surface area contributed by atoms with Crippen LogP contribution in [0.1, 0.15) is 19.6 Å². The number of hydrogen-bond acceptors (Lipinski definition) is 6. The summed E-state index contributed by atoms with van der Waals surface area (Å²) in [5, 5.41) is 9.15. The molecule has 0 radical (unpaired) electrons. The van der Waals surface area contributed by atoms with Crippen LogP contribution < -0.4 is 11.2 Å². The molecule has 0 bridgehead atoms. The topological polar surface area (TPSA) is 111 Å². The summed E-state index contributed by atoms with van der Waals surface area (Å²) in [5.74, 6) is -1.69. The number of carbonyl (C=O) groups is 1. The molecule has 110 valence electrons. The summed E-state index contributed by atoms with van der Waals surface area (Å²) in [4.78, 5) is 35.3. The molecule has 1 aliphatic heterocycles. The van der Waals surface area contributed by atoms with E-state index in [1.165, 1.54) is 6.92 Å². The Hall–Kier alpha value is -2.00. The molecule has 0 saturated carbocycles. The molecule has 0 unspecified atom stereocenters. The van der Waals surface area contributed by atoms with Crippen molar-refractivity contribution >= 4 is 5.97 Å². The summed E-state index contributed by atoms with van der Waals surface area (Å²) in [6, 6.07) is 0. The fourth-order valence-electron chi connectivity index (χ4n) is 2.05. The van der Waals surface area contributed by atoms with E-state index in [2.05, 4.69) is 0 Å². The van der Waals surface area contributed by atoms with E-state index in [0.717, 1.165) is 10.8 Å². The van der Waals surface area contributed by atoms with Gasteiger partial charge in [0.15, 0.2) is 0 Å². The van der Waals surface area contributed by atoms with Gasteiger partial charge >= 0.3 is 11.7 Å². The lowest BCUT2D eigenvalue weighted by molar-refractivity contribution is -0.150. The van der Waals surface area contributed by atoms with Gasteiger partial charge in [-0.25, -0.2) is 4.79 Å². The van der Waals surface area contributed by atoms with E-state index in [-0.39, 0.29) is 6.42 Å². The predicted octanol–water partition coefficient (Wildman–Crippen LogP) is -1.11. The number of aliphatic hydroxyl groups is 1. The van der Waals surface area contributed by atoms with Crippen LogP contribution >= 0.6 is 0 Å². The molecule has 1 aromatic rings. The maximum atomic E-state index is 13.2. The minimum absolute atomic E-state index is 0.0657. The summed E-state index contributed by atoms with van der Waals surface area (Å²) < 4.78 is 24.3. The van der Waals surface area contributed by atoms with Crippen LogP contribution in [-0.2, 0) is 14.3 Å². The Morgan fingerprint density at radius 1 is 1.65 bits per heavy atom. The van der Waals surface area contributed by atoms with Crippen molar-refractivity contribution in [3.05, 3.63) is 32.9 Å². The van der Waals surface area contributed by atoms with Gasteiger partial charge in [0.05, 0.1) is 12.8 Å². The lowest BCUT2D eigenvalue weighted by Gasteiger charge is -2.15. The van der Waals surface area contributed by atoms with Crippen LogP contribution in [0.15, 0.2) is 15.8 Å². The Kier molecular flexibility index (Phi) is 4.00. The molecule has 0 amide bonds. The van der Waals surface area contributed by atoms with Gasteiger partial charge in [-0.1, -0.05) is 0 Å². The van der Waals surface area contributed by atoms with E-state index in [9.17, 15) is 18.8 Å². The summed E-state index contributed by atoms with van der Waals surface area (Å²) in [7, 11) is 0. The predicted molar refractivity (Wildman–Crippen MR) is 62.4 cm³/mol. The normalized spacial score (nSPS) is 25.6. The Morgan fingerprint density at radius 2 is 2.35 bits per heavy atom. The highest BCUT2D eigenvalue weighted by Crippen LogP contribution is 2.29. The molecule has 8 nitrogen and oxygen atoms in total. The molecule has 1 aliphatic rings. The van der Waals surface area contributed by atoms with Crippen molar-refractivity contribution in [2.75, 3.05) is 6.61 Å². The van der Waals surface area contributed by atoms with E-state index in [0.29, 0.717) is 0 Å². The van der Waals surface area contributed by atoms with Crippen LogP contribution in [0.5, 0.6) is 0 Å². The molecule has 0 aliphatic carbocycles. The highest BCUT2D eigenvalue weighted by molar-refractivity contribution is 5.66. The monoisotopic (exact) mass is 288 g/mol. The van der Waals surface area contributed by atoms with Crippen molar-refractivity contribution in [2.24, 2.45) is 0 Å². The molecule has 2 rings (SSSR count). The van der Waals surface area contributed by atoms with Gasteiger partial charge in [-0.15, -0.1) is 0 Å². The fourth-order valence-corrected chi connectivity index (χ4v) is 2.05. The van der Waals surface area contributed by atoms with Crippen LogP contribution in [0.4, 0.5) is 4.39 Å². The standard InChI is InChI=1S/C11H13FN2O6/c1-5(16)19-7-2-9(20-8(7)4-15)14-3-6(12)10(17)13-11(14)18/h3,7-9,15H,2,4H2,1H3,(H,13,17,18)/t7-,8+,9+/m0/s1. The van der Waals surface area contributed by atoms with Crippen LogP contribution in [0.3, 0.4) is 0 Å². The molecule has 1 fully saturated rings. The number of nitrogens with zero attached hydrogens (tertiary/aromatic N) is 1. The minimum Gasteiger partial charge on any atom is -0.460 e. The number of carbonyl (C=O) groups excluding carboxylic acids is 1. The molecule has 1 saturated heterocycles. The van der Waals surface area contributed by atoms with Crippen molar-refractivity contribution in [1.82, 2.24) is 9.55 Å². The fraction of sp³-hybridized carbons (Fsp3) is 0.545. The number of nitrogens with one attached hydrogen (secondary N) is 1. The van der Waals surface area contributed by atoms with Crippen molar-refractivity contribution < 1.29 is 23.8 Å². The van der Waals surface area contributed by atoms with Crippen molar-refractivity contribution in [2.45, 2.75) is 31.8 Å². The molecule has 20 heavy (non-hydrogen) atoms. The van der Waals surface area contributed by atoms with E-state index in [1.54, 1.807) is 4.98 Å². The largest absolute Gasteiger partial charge is 0.460 e. The first-order valence-electron chi connectivity index (χ1n) is 5.87. The second-order valence-corrected chi connectivity index (χ2v) is 4.34. The van der Waals surface area contributed by atoms with Crippen molar-refractivity contribution in [1.29, 1.82) is 0 Å². The summed E-state index contributed by atoms with van der Waals surface area (Å²) in [5.41, 5.74) is -1.97. The van der Waals surface area contributed by atoms with Crippen LogP contribution in [0, 0.1) is 5.82 Å². The Labute approximate surface area is 111 Å². The van der Waals surface area contributed by atoms with Gasteiger partial charge in [-0.2, -0.15) is 4.39 Å². The van der Waals surface area contributed by atoms with Gasteiger partial charge in [0.1, 0.15) is 18.4 Å². The lowest BCUT2D eigenvalue weighted by Crippen LogP contribution is -2.34. The first kappa shape index (κ1) is 14.4. The lowest BCUT2D eigenvalue weighted by atomic mass is 10.2. The van der Waals surface area contributed by atoms with Gasteiger partial charge in [-0.05, 0) is 0 Å². The Morgan fingerprint density at radius 3 is 2.95 bits per heavy atom. The number of aliphatic hydroxyl groups excluding tert-OH is 1. The van der Waals surface area contributed by atoms with Crippen molar-refractivity contribution in [3.8, 4) is 0 Å². The zero-order valence-electron chi connectivity index (χ0n) is 10.5. The van der Waals surface area contributed by atoms with Crippen LogP contribution in [0.25, 0.3) is 0 Å². The number of aromatic amines is 1. The molecule has 3 atom stereocenters. The maximum Gasteiger partial charge on any atom is 0.330 e. The van der Waals surface area contributed by atoms with E-state index in [4.69, 9.17) is 14.6 Å². The van der Waals surface area contributed by atoms with Crippen LogP contribution in [0.2, 0.25) is 0 Å². The molecule has 0 aromatic carbocycles. The van der Waals surface area contributed by atoms with Gasteiger partial charge in [0.25, 0.3) is 5.56 Å². The smallest absolute Gasteiger partial charge is 0.330 e. The first-order valence-corrected chi connectivity index (χ1v) is 5.87. The molecular weight excluding hydrogens is 275 g/mol. The van der Waals surface area contributed by atoms with Crippen molar-refractivity contribution in [3.63, 3.8) is 0 Å². The number of aromatic nitrogens is 2. The molecule has 0 spiro atoms. The summed E-state index contributed by atoms with van der Waals surface area (Å²) >= 11 is 0. The number of ether oxygens (including phenoxy) is 2. The zero-order valence-corrected chi connectivity index (χ0v) is 10.5. The van der Waals surface area contributed by atoms with Gasteiger partial charge < -0.3 is 14.6 Å². The van der Waals surface area contributed by atoms with E-state index in [1.807, 2.05) is 0 Å². The van der Waals surface area contributed by atoms with Gasteiger partial charge in [0, 0.05) is 13.3 Å². The summed E-state index contributed by atoms with van der Waals surface area (Å²) in [6.45, 7) is 0.780. The molecule has 2 heterocycles. The Bertz CT molecular complexity index is 624. The number of hydrogen-bond donors (Lipinski definition) is 2. The third kappa shape index (κ3) is 2.78. The second-order valence-electron chi connectivity index (χ2n) is 4.34. The van der Waals surface area contributed by atoms with Gasteiger partial charge in [0.2, 0.25) is 5.82 Å². The van der Waals surface area contributed by atoms with E-state index < -0.39 is 48.1 Å². The molecule has 1 aromatic heterocycles. The summed E-state index contributed by atoms with van der Waals surface area (Å²) in [6.07, 6.45) is -1.71. The average molecular weight is 288 g/mol. The third-order valence-corrected chi connectivity index (χ3v) is 2.91. The highest BCUT2D eigenvalue weighted by Gasteiger charge is 2.38. The maximum absolute atomic E-state index is 13.2. The number of esters is 1. The number of H-pyrrole nitrogens is 1. The van der Waals surface area contributed by atoms with Crippen LogP contribution in [-0.4, -0.2) is 39.4 Å². The quantitative estimate of drug-likeness (QED) is 0.682. The molecular formula is C11H13FN2O6. The molecule has 9 heteroatoms. The number of halogens is 1. The average Bonchev–Trinajstić information content (AvgIpc) is 2.75.